The Balaban J connectivity index is 2.69. The van der Waals surface area contributed by atoms with Crippen LogP contribution in [0.15, 0.2) is 18.2 Å². The molecular weight excluding hydrogens is 202 g/mol. The molecule has 2 atom stereocenters. The summed E-state index contributed by atoms with van der Waals surface area (Å²) in [5.74, 6) is 0.351. The Kier molecular flexibility index (Phi) is 4.77. The minimum Gasteiger partial charge on any atom is -0.508 e. The number of hydrogen-bond donors (Lipinski definition) is 2. The third kappa shape index (κ3) is 3.51. The lowest BCUT2D eigenvalue weighted by molar-refractivity contribution is 0.167. The van der Waals surface area contributed by atoms with E-state index in [1.54, 1.807) is 13.2 Å². The Hall–Kier alpha value is -1.06. The van der Waals surface area contributed by atoms with Crippen LogP contribution in [-0.2, 0) is 4.74 Å². The number of aromatic hydroxyl groups is 1. The van der Waals surface area contributed by atoms with E-state index in [1.807, 2.05) is 26.0 Å². The normalized spacial score (nSPS) is 14.8. The highest BCUT2D eigenvalue weighted by atomic mass is 16.5. The van der Waals surface area contributed by atoms with Gasteiger partial charge in [-0.1, -0.05) is 12.1 Å². The number of benzene rings is 1. The van der Waals surface area contributed by atoms with Crippen molar-refractivity contribution in [1.82, 2.24) is 5.32 Å². The number of aryl methyl sites for hydroxylation is 1. The highest BCUT2D eigenvalue weighted by Gasteiger charge is 2.12. The molecule has 1 rings (SSSR count). The summed E-state index contributed by atoms with van der Waals surface area (Å²) in [5.41, 5.74) is 1.99. The largest absolute Gasteiger partial charge is 0.508 e. The number of methoxy groups -OCH3 is 1. The number of hydrogen-bond acceptors (Lipinski definition) is 3. The van der Waals surface area contributed by atoms with Gasteiger partial charge in [0.2, 0.25) is 0 Å². The van der Waals surface area contributed by atoms with Crippen molar-refractivity contribution in [3.63, 3.8) is 0 Å². The topological polar surface area (TPSA) is 41.5 Å². The third-order valence-electron chi connectivity index (χ3n) is 2.60. The number of rotatable bonds is 5. The predicted molar refractivity (Wildman–Crippen MR) is 65.7 cm³/mol. The standard InChI is InChI=1S/C13H21NO2/c1-9-5-6-12(13(15)7-9)11(3)14-10(2)8-16-4/h5-7,10-11,14-15H,8H2,1-4H3. The molecule has 0 saturated heterocycles. The monoisotopic (exact) mass is 223 g/mol. The molecule has 1 aromatic carbocycles. The van der Waals surface area contributed by atoms with Crippen molar-refractivity contribution in [2.45, 2.75) is 32.9 Å². The van der Waals surface area contributed by atoms with Gasteiger partial charge in [0.05, 0.1) is 6.61 Å². The van der Waals surface area contributed by atoms with Gasteiger partial charge in [0.15, 0.2) is 0 Å². The molecule has 0 heterocycles. The van der Waals surface area contributed by atoms with Crippen LogP contribution in [0.1, 0.15) is 31.0 Å². The average Bonchev–Trinajstić information content (AvgIpc) is 2.17. The molecule has 0 saturated carbocycles. The van der Waals surface area contributed by atoms with Gasteiger partial charge in [0.1, 0.15) is 5.75 Å². The van der Waals surface area contributed by atoms with E-state index in [2.05, 4.69) is 12.2 Å². The lowest BCUT2D eigenvalue weighted by Crippen LogP contribution is -2.32. The highest BCUT2D eigenvalue weighted by Crippen LogP contribution is 2.25. The van der Waals surface area contributed by atoms with E-state index in [9.17, 15) is 5.11 Å². The summed E-state index contributed by atoms with van der Waals surface area (Å²) in [7, 11) is 1.69. The lowest BCUT2D eigenvalue weighted by atomic mass is 10.0. The van der Waals surface area contributed by atoms with Gasteiger partial charge < -0.3 is 15.2 Å². The molecule has 0 fully saturated rings. The first-order chi connectivity index (χ1) is 7.54. The molecule has 0 spiro atoms. The average molecular weight is 223 g/mol. The lowest BCUT2D eigenvalue weighted by Gasteiger charge is -2.20. The van der Waals surface area contributed by atoms with Gasteiger partial charge in [-0.2, -0.15) is 0 Å². The van der Waals surface area contributed by atoms with Gasteiger partial charge in [0, 0.05) is 24.8 Å². The van der Waals surface area contributed by atoms with Crippen LogP contribution in [0.5, 0.6) is 5.75 Å². The van der Waals surface area contributed by atoms with E-state index in [1.165, 1.54) is 0 Å². The first kappa shape index (κ1) is 13.0. The van der Waals surface area contributed by atoms with Crippen LogP contribution >= 0.6 is 0 Å². The second-order valence-corrected chi connectivity index (χ2v) is 4.31. The Morgan fingerprint density at radius 2 is 2.06 bits per heavy atom. The van der Waals surface area contributed by atoms with Crippen molar-refractivity contribution in [3.05, 3.63) is 29.3 Å². The van der Waals surface area contributed by atoms with Crippen LogP contribution in [-0.4, -0.2) is 24.9 Å². The Morgan fingerprint density at radius 3 is 2.62 bits per heavy atom. The molecule has 0 radical (unpaired) electrons. The van der Waals surface area contributed by atoms with Gasteiger partial charge in [-0.3, -0.25) is 0 Å². The van der Waals surface area contributed by atoms with Gasteiger partial charge in [-0.25, -0.2) is 0 Å². The fourth-order valence-electron chi connectivity index (χ4n) is 1.83. The summed E-state index contributed by atoms with van der Waals surface area (Å²) in [6.45, 7) is 6.73. The number of ether oxygens (including phenoxy) is 1. The second kappa shape index (κ2) is 5.87. The molecule has 2 unspecified atom stereocenters. The molecule has 1 aromatic rings. The maximum atomic E-state index is 9.83. The maximum Gasteiger partial charge on any atom is 0.120 e. The van der Waals surface area contributed by atoms with Gasteiger partial charge >= 0.3 is 0 Å². The molecule has 0 aliphatic carbocycles. The molecule has 2 N–H and O–H groups in total. The molecule has 0 amide bonds. The third-order valence-corrected chi connectivity index (χ3v) is 2.60. The van der Waals surface area contributed by atoms with Crippen LogP contribution in [0.4, 0.5) is 0 Å². The SMILES string of the molecule is COCC(C)NC(C)c1ccc(C)cc1O. The molecular formula is C13H21NO2. The van der Waals surface area contributed by atoms with Crippen LogP contribution in [0.2, 0.25) is 0 Å². The summed E-state index contributed by atoms with van der Waals surface area (Å²) >= 11 is 0. The van der Waals surface area contributed by atoms with Gasteiger partial charge in [0.25, 0.3) is 0 Å². The Morgan fingerprint density at radius 1 is 1.38 bits per heavy atom. The molecule has 90 valence electrons. The van der Waals surface area contributed by atoms with Crippen LogP contribution in [0, 0.1) is 6.92 Å². The first-order valence-corrected chi connectivity index (χ1v) is 5.59. The summed E-state index contributed by atoms with van der Waals surface area (Å²) in [5, 5.41) is 13.2. The number of phenolic OH excluding ortho intramolecular Hbond substituents is 1. The maximum absolute atomic E-state index is 9.83. The molecule has 16 heavy (non-hydrogen) atoms. The van der Waals surface area contributed by atoms with E-state index in [0.717, 1.165) is 11.1 Å². The smallest absolute Gasteiger partial charge is 0.120 e. The summed E-state index contributed by atoms with van der Waals surface area (Å²) in [6, 6.07) is 6.14. The predicted octanol–water partition coefficient (Wildman–Crippen LogP) is 2.39. The molecule has 0 aliphatic rings. The van der Waals surface area contributed by atoms with Crippen molar-refractivity contribution < 1.29 is 9.84 Å². The minimum atomic E-state index is 0.116. The fraction of sp³-hybridized carbons (Fsp3) is 0.538. The quantitative estimate of drug-likeness (QED) is 0.805. The number of phenols is 1. The Labute approximate surface area is 97.4 Å². The van der Waals surface area contributed by atoms with Crippen molar-refractivity contribution in [3.8, 4) is 5.75 Å². The van der Waals surface area contributed by atoms with Crippen LogP contribution in [0.3, 0.4) is 0 Å². The molecule has 0 aliphatic heterocycles. The van der Waals surface area contributed by atoms with Crippen molar-refractivity contribution in [2.75, 3.05) is 13.7 Å². The summed E-state index contributed by atoms with van der Waals surface area (Å²) < 4.78 is 5.06. The summed E-state index contributed by atoms with van der Waals surface area (Å²) in [6.07, 6.45) is 0. The summed E-state index contributed by atoms with van der Waals surface area (Å²) in [4.78, 5) is 0. The number of nitrogens with one attached hydrogen (secondary N) is 1. The van der Waals surface area contributed by atoms with Gasteiger partial charge in [-0.05, 0) is 32.4 Å². The zero-order valence-corrected chi connectivity index (χ0v) is 10.4. The van der Waals surface area contributed by atoms with Crippen LogP contribution < -0.4 is 5.32 Å². The van der Waals surface area contributed by atoms with E-state index < -0.39 is 0 Å². The molecule has 0 aromatic heterocycles. The van der Waals surface area contributed by atoms with Gasteiger partial charge in [-0.15, -0.1) is 0 Å². The van der Waals surface area contributed by atoms with Crippen molar-refractivity contribution >= 4 is 0 Å². The zero-order valence-electron chi connectivity index (χ0n) is 10.4. The van der Waals surface area contributed by atoms with E-state index in [0.29, 0.717) is 12.4 Å². The minimum absolute atomic E-state index is 0.116. The Bertz CT molecular complexity index is 339. The fourth-order valence-corrected chi connectivity index (χ4v) is 1.83. The molecule has 3 nitrogen and oxygen atoms in total. The van der Waals surface area contributed by atoms with Crippen LogP contribution in [0.25, 0.3) is 0 Å². The molecule has 0 bridgehead atoms. The van der Waals surface area contributed by atoms with E-state index >= 15 is 0 Å². The zero-order chi connectivity index (χ0) is 12.1. The second-order valence-electron chi connectivity index (χ2n) is 4.31. The van der Waals surface area contributed by atoms with E-state index in [4.69, 9.17) is 4.74 Å². The van der Waals surface area contributed by atoms with E-state index in [-0.39, 0.29) is 12.1 Å². The highest BCUT2D eigenvalue weighted by molar-refractivity contribution is 5.37. The first-order valence-electron chi connectivity index (χ1n) is 5.59. The van der Waals surface area contributed by atoms with Crippen molar-refractivity contribution in [1.29, 1.82) is 0 Å². The molecule has 3 heteroatoms. The van der Waals surface area contributed by atoms with Crippen molar-refractivity contribution in [2.24, 2.45) is 0 Å².